The third-order valence-electron chi connectivity index (χ3n) is 4.37. The minimum Gasteiger partial charge on any atom is -0.465 e. The van der Waals surface area contributed by atoms with Gasteiger partial charge in [-0.25, -0.2) is 18.0 Å². The highest BCUT2D eigenvalue weighted by molar-refractivity contribution is 7.89. The van der Waals surface area contributed by atoms with Gasteiger partial charge in [0.25, 0.3) is 0 Å². The van der Waals surface area contributed by atoms with Crippen molar-refractivity contribution in [2.45, 2.75) is 11.0 Å². The molecule has 1 aromatic carbocycles. The van der Waals surface area contributed by atoms with Gasteiger partial charge in [-0.15, -0.1) is 0 Å². The van der Waals surface area contributed by atoms with Crippen LogP contribution in [0.15, 0.2) is 29.2 Å². The van der Waals surface area contributed by atoms with Crippen molar-refractivity contribution >= 4 is 27.9 Å². The number of carboxylic acid groups (broad SMARTS) is 1. The van der Waals surface area contributed by atoms with Crippen LogP contribution in [0.3, 0.4) is 0 Å². The van der Waals surface area contributed by atoms with Crippen molar-refractivity contribution in [2.75, 3.05) is 44.2 Å². The maximum atomic E-state index is 12.7. The molecule has 1 atom stereocenters. The van der Waals surface area contributed by atoms with Crippen molar-refractivity contribution in [3.63, 3.8) is 0 Å². The number of rotatable bonds is 4. The Morgan fingerprint density at radius 1 is 1.15 bits per heavy atom. The van der Waals surface area contributed by atoms with Crippen LogP contribution >= 0.6 is 0 Å². The molecule has 1 aromatic rings. The average Bonchev–Trinajstić information content (AvgIpc) is 3.03. The number of anilines is 1. The second kappa shape index (κ2) is 7.09. The molecule has 0 aromatic heterocycles. The fourth-order valence-corrected chi connectivity index (χ4v) is 4.32. The zero-order valence-corrected chi connectivity index (χ0v) is 14.6. The van der Waals surface area contributed by atoms with E-state index in [2.05, 4.69) is 0 Å². The quantitative estimate of drug-likeness (QED) is 0.746. The molecule has 1 unspecified atom stereocenters. The highest BCUT2D eigenvalue weighted by atomic mass is 32.2. The molecule has 2 aliphatic rings. The van der Waals surface area contributed by atoms with E-state index in [0.717, 1.165) is 0 Å². The van der Waals surface area contributed by atoms with Crippen molar-refractivity contribution in [2.24, 2.45) is 0 Å². The normalized spacial score (nSPS) is 21.7. The lowest BCUT2D eigenvalue weighted by atomic mass is 10.3. The molecule has 2 heterocycles. The van der Waals surface area contributed by atoms with Gasteiger partial charge < -0.3 is 19.8 Å². The number of carbonyl (C=O) groups excluding carboxylic acids is 1. The Morgan fingerprint density at radius 2 is 1.77 bits per heavy atom. The third kappa shape index (κ3) is 3.45. The van der Waals surface area contributed by atoms with Crippen molar-refractivity contribution in [1.29, 1.82) is 0 Å². The summed E-state index contributed by atoms with van der Waals surface area (Å²) in [6.45, 7) is 0.333. The summed E-state index contributed by atoms with van der Waals surface area (Å²) in [5.74, 6) is 0. The van der Waals surface area contributed by atoms with Crippen molar-refractivity contribution in [1.82, 2.24) is 9.21 Å². The molecule has 10 nitrogen and oxygen atoms in total. The molecule has 0 aliphatic carbocycles. The lowest BCUT2D eigenvalue weighted by Crippen LogP contribution is -2.50. The molecule has 2 fully saturated rings. The standard InChI is InChI=1S/C15H19N3O7S/c19-10-12-9-18(15(22)25-12)11-1-3-13(4-2-11)26(23,24)17-7-5-16(6-8-17)14(20)21/h1-4,12,19H,5-10H2,(H,20,21). The molecule has 2 N–H and O–H groups in total. The molecule has 0 radical (unpaired) electrons. The molecule has 26 heavy (non-hydrogen) atoms. The van der Waals surface area contributed by atoms with Crippen LogP contribution < -0.4 is 4.90 Å². The van der Waals surface area contributed by atoms with Crippen molar-refractivity contribution < 1.29 is 33.0 Å². The Kier molecular flexibility index (Phi) is 5.03. The van der Waals surface area contributed by atoms with Gasteiger partial charge in [-0.1, -0.05) is 0 Å². The highest BCUT2D eigenvalue weighted by Crippen LogP contribution is 2.25. The molecule has 11 heteroatoms. The number of carbonyl (C=O) groups is 2. The van der Waals surface area contributed by atoms with Crippen LogP contribution in [-0.4, -0.2) is 85.5 Å². The molecule has 0 spiro atoms. The van der Waals surface area contributed by atoms with E-state index in [4.69, 9.17) is 14.9 Å². The van der Waals surface area contributed by atoms with Crippen molar-refractivity contribution in [3.8, 4) is 0 Å². The number of piperazine rings is 1. The van der Waals surface area contributed by atoms with Crippen LogP contribution in [0, 0.1) is 0 Å². The van der Waals surface area contributed by atoms with Gasteiger partial charge in [-0.05, 0) is 24.3 Å². The minimum absolute atomic E-state index is 0.0660. The monoisotopic (exact) mass is 385 g/mol. The van der Waals surface area contributed by atoms with Gasteiger partial charge in [-0.2, -0.15) is 4.31 Å². The first-order valence-electron chi connectivity index (χ1n) is 8.00. The fraction of sp³-hybridized carbons (Fsp3) is 0.467. The van der Waals surface area contributed by atoms with Gasteiger partial charge in [0.1, 0.15) is 6.10 Å². The topological polar surface area (TPSA) is 128 Å². The maximum Gasteiger partial charge on any atom is 0.414 e. The van der Waals surface area contributed by atoms with Crippen LogP contribution in [0.4, 0.5) is 15.3 Å². The number of aliphatic hydroxyl groups excluding tert-OH is 1. The van der Waals surface area contributed by atoms with E-state index in [1.165, 1.54) is 38.4 Å². The number of amides is 2. The van der Waals surface area contributed by atoms with Crippen LogP contribution in [0.2, 0.25) is 0 Å². The first kappa shape index (κ1) is 18.4. The third-order valence-corrected chi connectivity index (χ3v) is 6.29. The van der Waals surface area contributed by atoms with Crippen LogP contribution in [0.1, 0.15) is 0 Å². The molecular formula is C15H19N3O7S. The molecule has 142 valence electrons. The van der Waals surface area contributed by atoms with E-state index >= 15 is 0 Å². The molecule has 0 bridgehead atoms. The van der Waals surface area contributed by atoms with Gasteiger partial charge in [-0.3, -0.25) is 4.90 Å². The molecule has 3 rings (SSSR count). The van der Waals surface area contributed by atoms with Gasteiger partial charge in [0.2, 0.25) is 10.0 Å². The fourth-order valence-electron chi connectivity index (χ4n) is 2.89. The van der Waals surface area contributed by atoms with Gasteiger partial charge in [0.15, 0.2) is 0 Å². The zero-order chi connectivity index (χ0) is 18.9. The lowest BCUT2D eigenvalue weighted by molar-refractivity contribution is 0.0963. The van der Waals surface area contributed by atoms with E-state index in [-0.39, 0.29) is 44.2 Å². The van der Waals surface area contributed by atoms with E-state index in [0.29, 0.717) is 5.69 Å². The predicted octanol–water partition coefficient (Wildman–Crippen LogP) is -0.0116. The summed E-state index contributed by atoms with van der Waals surface area (Å²) in [4.78, 5) is 25.2. The Bertz CT molecular complexity index is 788. The molecular weight excluding hydrogens is 366 g/mol. The molecule has 2 saturated heterocycles. The summed E-state index contributed by atoms with van der Waals surface area (Å²) >= 11 is 0. The summed E-state index contributed by atoms with van der Waals surface area (Å²) in [5, 5.41) is 18.0. The summed E-state index contributed by atoms with van der Waals surface area (Å²) in [5.41, 5.74) is 0.473. The molecule has 2 aliphatic heterocycles. The number of hydrogen-bond donors (Lipinski definition) is 2. The van der Waals surface area contributed by atoms with E-state index < -0.39 is 28.3 Å². The first-order valence-corrected chi connectivity index (χ1v) is 9.44. The van der Waals surface area contributed by atoms with Crippen LogP contribution in [0.25, 0.3) is 0 Å². The van der Waals surface area contributed by atoms with Gasteiger partial charge >= 0.3 is 12.2 Å². The van der Waals surface area contributed by atoms with Crippen LogP contribution in [0.5, 0.6) is 0 Å². The maximum absolute atomic E-state index is 12.7. The summed E-state index contributed by atoms with van der Waals surface area (Å²) < 4.78 is 31.6. The smallest absolute Gasteiger partial charge is 0.414 e. The number of benzene rings is 1. The van der Waals surface area contributed by atoms with Gasteiger partial charge in [0, 0.05) is 31.9 Å². The number of ether oxygens (including phenoxy) is 1. The number of cyclic esters (lactones) is 1. The minimum atomic E-state index is -3.74. The summed E-state index contributed by atoms with van der Waals surface area (Å²) in [7, 11) is -3.74. The highest BCUT2D eigenvalue weighted by Gasteiger charge is 2.33. The molecule has 0 saturated carbocycles. The largest absolute Gasteiger partial charge is 0.465 e. The number of aliphatic hydroxyl groups is 1. The second-order valence-electron chi connectivity index (χ2n) is 5.97. The van der Waals surface area contributed by atoms with Gasteiger partial charge in [0.05, 0.1) is 18.0 Å². The average molecular weight is 385 g/mol. The Balaban J connectivity index is 1.72. The van der Waals surface area contributed by atoms with E-state index in [1.807, 2.05) is 0 Å². The van der Waals surface area contributed by atoms with Crippen molar-refractivity contribution in [3.05, 3.63) is 24.3 Å². The van der Waals surface area contributed by atoms with Crippen LogP contribution in [-0.2, 0) is 14.8 Å². The number of sulfonamides is 1. The molecule has 2 amide bonds. The van der Waals surface area contributed by atoms with E-state index in [1.54, 1.807) is 0 Å². The Morgan fingerprint density at radius 3 is 2.27 bits per heavy atom. The number of hydrogen-bond acceptors (Lipinski definition) is 6. The summed E-state index contributed by atoms with van der Waals surface area (Å²) in [6.07, 6.45) is -2.26. The first-order chi connectivity index (χ1) is 12.3. The number of nitrogens with zero attached hydrogens (tertiary/aromatic N) is 3. The predicted molar refractivity (Wildman–Crippen MR) is 89.5 cm³/mol. The Hall–Kier alpha value is -2.37. The SMILES string of the molecule is O=C(O)N1CCN(S(=O)(=O)c2ccc(N3CC(CO)OC3=O)cc2)CC1. The zero-order valence-electron chi connectivity index (χ0n) is 13.8. The Labute approximate surface area is 150 Å². The van der Waals surface area contributed by atoms with E-state index in [9.17, 15) is 18.0 Å². The second-order valence-corrected chi connectivity index (χ2v) is 7.90. The summed E-state index contributed by atoms with van der Waals surface area (Å²) in [6, 6.07) is 5.80. The lowest BCUT2D eigenvalue weighted by Gasteiger charge is -2.32.